The van der Waals surface area contributed by atoms with Gasteiger partial charge in [0.25, 0.3) is 0 Å². The molecule has 0 atom stereocenters. The number of hydrogen-bond donors (Lipinski definition) is 2. The summed E-state index contributed by atoms with van der Waals surface area (Å²) in [5.41, 5.74) is 0.704. The van der Waals surface area contributed by atoms with Crippen molar-refractivity contribution in [1.29, 1.82) is 0 Å². The second-order valence-corrected chi connectivity index (χ2v) is 7.64. The predicted molar refractivity (Wildman–Crippen MR) is 95.9 cm³/mol. The Hall–Kier alpha value is -2.92. The van der Waals surface area contributed by atoms with Crippen molar-refractivity contribution < 1.29 is 22.0 Å². The van der Waals surface area contributed by atoms with E-state index in [1.54, 1.807) is 0 Å². The summed E-state index contributed by atoms with van der Waals surface area (Å²) in [5, 5.41) is 10.7. The van der Waals surface area contributed by atoms with Crippen molar-refractivity contribution in [1.82, 2.24) is 24.6 Å². The number of nitrogens with one attached hydrogen (secondary N) is 2. The van der Waals surface area contributed by atoms with Crippen LogP contribution in [-0.4, -0.2) is 42.0 Å². The second-order valence-electron chi connectivity index (χ2n) is 5.87. The monoisotopic (exact) mass is 409 g/mol. The first-order valence-corrected chi connectivity index (χ1v) is 9.85. The first kappa shape index (κ1) is 19.8. The van der Waals surface area contributed by atoms with Crippen molar-refractivity contribution in [3.05, 3.63) is 60.1 Å². The van der Waals surface area contributed by atoms with E-state index in [-0.39, 0.29) is 18.9 Å². The van der Waals surface area contributed by atoms with Crippen LogP contribution in [0.1, 0.15) is 12.2 Å². The maximum absolute atomic E-state index is 13.2. The zero-order valence-electron chi connectivity index (χ0n) is 14.6. The molecule has 1 aromatic carbocycles. The van der Waals surface area contributed by atoms with E-state index >= 15 is 0 Å². The molecule has 2 aromatic heterocycles. The van der Waals surface area contributed by atoms with E-state index in [4.69, 9.17) is 0 Å². The van der Waals surface area contributed by atoms with Crippen molar-refractivity contribution in [2.45, 2.75) is 17.7 Å². The Bertz CT molecular complexity index is 1100. The first-order valence-electron chi connectivity index (χ1n) is 8.37. The number of nitrogens with zero attached hydrogens (tertiary/aromatic N) is 3. The Morgan fingerprint density at radius 2 is 1.89 bits per heavy atom. The van der Waals surface area contributed by atoms with Crippen molar-refractivity contribution in [2.24, 2.45) is 0 Å². The number of pyridine rings is 1. The summed E-state index contributed by atoms with van der Waals surface area (Å²) in [5.74, 6) is -2.07. The van der Waals surface area contributed by atoms with Crippen LogP contribution >= 0.6 is 0 Å². The lowest BCUT2D eigenvalue weighted by atomic mass is 10.3. The Labute approximate surface area is 159 Å². The minimum atomic E-state index is -4.03. The topological polar surface area (TPSA) is 105 Å². The molecule has 1 amide bonds. The van der Waals surface area contributed by atoms with Crippen LogP contribution in [0.5, 0.6) is 0 Å². The Morgan fingerprint density at radius 3 is 2.68 bits per heavy atom. The Kier molecular flexibility index (Phi) is 5.95. The van der Waals surface area contributed by atoms with Crippen LogP contribution in [0.25, 0.3) is 5.65 Å². The summed E-state index contributed by atoms with van der Waals surface area (Å²) in [7, 11) is -4.03. The van der Waals surface area contributed by atoms with Gasteiger partial charge in [0, 0.05) is 32.1 Å². The number of benzene rings is 1. The van der Waals surface area contributed by atoms with E-state index in [9.17, 15) is 22.0 Å². The molecule has 0 aliphatic carbocycles. The molecule has 0 fully saturated rings. The summed E-state index contributed by atoms with van der Waals surface area (Å²) in [6.45, 7) is 0.130. The SMILES string of the molecule is O=C(CCNS(=O)(=O)c1ccc(F)c(F)c1)NCCc1nnc2ccccn12. The number of aromatic nitrogens is 3. The lowest BCUT2D eigenvalue weighted by molar-refractivity contribution is -0.120. The third-order valence-corrected chi connectivity index (χ3v) is 5.36. The van der Waals surface area contributed by atoms with Gasteiger partial charge in [-0.25, -0.2) is 21.9 Å². The van der Waals surface area contributed by atoms with Crippen LogP contribution < -0.4 is 10.0 Å². The highest BCUT2D eigenvalue weighted by Crippen LogP contribution is 2.13. The highest BCUT2D eigenvalue weighted by atomic mass is 32.2. The summed E-state index contributed by atoms with van der Waals surface area (Å²) in [4.78, 5) is 11.4. The number of carbonyl (C=O) groups is 1. The van der Waals surface area contributed by atoms with Gasteiger partial charge in [-0.05, 0) is 30.3 Å². The highest BCUT2D eigenvalue weighted by molar-refractivity contribution is 7.89. The molecule has 0 unspecified atom stereocenters. The average Bonchev–Trinajstić information content (AvgIpc) is 3.07. The normalized spacial score (nSPS) is 11.6. The molecule has 0 radical (unpaired) electrons. The van der Waals surface area contributed by atoms with Gasteiger partial charge in [-0.3, -0.25) is 9.20 Å². The number of fused-ring (bicyclic) bond motifs is 1. The molecular formula is C17H17F2N5O3S. The van der Waals surface area contributed by atoms with Crippen LogP contribution in [0, 0.1) is 11.6 Å². The number of rotatable bonds is 8. The number of amides is 1. The van der Waals surface area contributed by atoms with E-state index in [1.807, 2.05) is 28.8 Å². The lowest BCUT2D eigenvalue weighted by Crippen LogP contribution is -2.32. The van der Waals surface area contributed by atoms with Crippen molar-refractivity contribution >= 4 is 21.6 Å². The van der Waals surface area contributed by atoms with Crippen LogP contribution in [-0.2, 0) is 21.2 Å². The minimum Gasteiger partial charge on any atom is -0.356 e. The Morgan fingerprint density at radius 1 is 1.07 bits per heavy atom. The second kappa shape index (κ2) is 8.40. The third kappa shape index (κ3) is 4.67. The standard InChI is InChI=1S/C17H17F2N5O3S/c18-13-5-4-12(11-14(13)19)28(26,27)21-9-7-17(25)20-8-6-16-23-22-15-3-1-2-10-24(15)16/h1-5,10-11,21H,6-9H2,(H,20,25). The largest absolute Gasteiger partial charge is 0.356 e. The molecule has 0 aliphatic rings. The average molecular weight is 409 g/mol. The molecule has 28 heavy (non-hydrogen) atoms. The van der Waals surface area contributed by atoms with Crippen LogP contribution in [0.4, 0.5) is 8.78 Å². The van der Waals surface area contributed by atoms with Gasteiger partial charge in [0.05, 0.1) is 4.90 Å². The molecule has 8 nitrogen and oxygen atoms in total. The fourth-order valence-electron chi connectivity index (χ4n) is 2.49. The molecule has 0 spiro atoms. The molecule has 2 N–H and O–H groups in total. The lowest BCUT2D eigenvalue weighted by Gasteiger charge is -2.08. The predicted octanol–water partition coefficient (Wildman–Crippen LogP) is 1.03. The van der Waals surface area contributed by atoms with Crippen LogP contribution in [0.3, 0.4) is 0 Å². The van der Waals surface area contributed by atoms with Crippen molar-refractivity contribution in [3.8, 4) is 0 Å². The maximum atomic E-state index is 13.2. The van der Waals surface area contributed by atoms with Crippen molar-refractivity contribution in [3.63, 3.8) is 0 Å². The summed E-state index contributed by atoms with van der Waals surface area (Å²) >= 11 is 0. The molecule has 3 aromatic rings. The molecule has 0 saturated carbocycles. The van der Waals surface area contributed by atoms with E-state index in [0.29, 0.717) is 30.5 Å². The van der Waals surface area contributed by atoms with E-state index in [2.05, 4.69) is 20.2 Å². The summed E-state index contributed by atoms with van der Waals surface area (Å²) < 4.78 is 54.1. The molecular weight excluding hydrogens is 392 g/mol. The molecule has 0 saturated heterocycles. The van der Waals surface area contributed by atoms with Gasteiger partial charge in [0.1, 0.15) is 5.82 Å². The fourth-order valence-corrected chi connectivity index (χ4v) is 3.53. The van der Waals surface area contributed by atoms with E-state index in [0.717, 1.165) is 12.1 Å². The van der Waals surface area contributed by atoms with Gasteiger partial charge in [0.15, 0.2) is 17.3 Å². The first-order chi connectivity index (χ1) is 13.4. The zero-order chi connectivity index (χ0) is 20.1. The van der Waals surface area contributed by atoms with Gasteiger partial charge >= 0.3 is 0 Å². The zero-order valence-corrected chi connectivity index (χ0v) is 15.4. The van der Waals surface area contributed by atoms with E-state index in [1.165, 1.54) is 0 Å². The van der Waals surface area contributed by atoms with Crippen LogP contribution in [0.15, 0.2) is 47.5 Å². The number of halogens is 2. The number of hydrogen-bond acceptors (Lipinski definition) is 5. The molecule has 0 aliphatic heterocycles. The molecule has 148 valence electrons. The van der Waals surface area contributed by atoms with Gasteiger partial charge in [-0.1, -0.05) is 6.07 Å². The van der Waals surface area contributed by atoms with Gasteiger partial charge in [-0.2, -0.15) is 0 Å². The molecule has 11 heteroatoms. The molecule has 2 heterocycles. The van der Waals surface area contributed by atoms with Gasteiger partial charge in [0.2, 0.25) is 15.9 Å². The Balaban J connectivity index is 1.44. The van der Waals surface area contributed by atoms with Gasteiger partial charge in [-0.15, -0.1) is 10.2 Å². The summed E-state index contributed by atoms with van der Waals surface area (Å²) in [6.07, 6.45) is 2.17. The summed E-state index contributed by atoms with van der Waals surface area (Å²) in [6, 6.07) is 7.76. The van der Waals surface area contributed by atoms with Crippen LogP contribution in [0.2, 0.25) is 0 Å². The quantitative estimate of drug-likeness (QED) is 0.578. The minimum absolute atomic E-state index is 0.108. The van der Waals surface area contributed by atoms with Gasteiger partial charge < -0.3 is 5.32 Å². The molecule has 3 rings (SSSR count). The highest BCUT2D eigenvalue weighted by Gasteiger charge is 2.16. The van der Waals surface area contributed by atoms with E-state index < -0.39 is 26.6 Å². The third-order valence-electron chi connectivity index (χ3n) is 3.90. The number of carbonyl (C=O) groups excluding carboxylic acids is 1. The maximum Gasteiger partial charge on any atom is 0.240 e. The fraction of sp³-hybridized carbons (Fsp3) is 0.235. The smallest absolute Gasteiger partial charge is 0.240 e. The van der Waals surface area contributed by atoms with Crippen molar-refractivity contribution in [2.75, 3.05) is 13.1 Å². The molecule has 0 bridgehead atoms. The number of sulfonamides is 1.